The molecule has 0 atom stereocenters. The minimum Gasteiger partial charge on any atom is -0.437 e. The molecule has 0 saturated carbocycles. The molecule has 0 aliphatic rings. The van der Waals surface area contributed by atoms with Crippen molar-refractivity contribution < 1.29 is 9.66 Å². The van der Waals surface area contributed by atoms with Gasteiger partial charge in [0.15, 0.2) is 5.75 Å². The van der Waals surface area contributed by atoms with Crippen molar-refractivity contribution in [3.05, 3.63) is 49.8 Å². The fourth-order valence-electron chi connectivity index (χ4n) is 1.35. The second kappa shape index (κ2) is 5.50. The van der Waals surface area contributed by atoms with Gasteiger partial charge in [-0.05, 0) is 40.5 Å². The lowest BCUT2D eigenvalue weighted by Gasteiger charge is -2.07. The number of benzene rings is 1. The Morgan fingerprint density at radius 3 is 2.74 bits per heavy atom. The third kappa shape index (κ3) is 3.39. The van der Waals surface area contributed by atoms with E-state index in [1.807, 2.05) is 0 Å². The minimum absolute atomic E-state index is 0.0524. The zero-order chi connectivity index (χ0) is 14.0. The summed E-state index contributed by atoms with van der Waals surface area (Å²) in [7, 11) is 0. The zero-order valence-corrected chi connectivity index (χ0v) is 12.0. The molecule has 1 aromatic heterocycles. The van der Waals surface area contributed by atoms with E-state index < -0.39 is 4.92 Å². The van der Waals surface area contributed by atoms with Gasteiger partial charge in [0, 0.05) is 17.8 Å². The summed E-state index contributed by atoms with van der Waals surface area (Å²) in [6.45, 7) is 1.74. The fourth-order valence-corrected chi connectivity index (χ4v) is 1.90. The van der Waals surface area contributed by atoms with Gasteiger partial charge in [-0.3, -0.25) is 10.1 Å². The third-order valence-corrected chi connectivity index (χ3v) is 2.97. The van der Waals surface area contributed by atoms with Crippen molar-refractivity contribution in [2.45, 2.75) is 6.92 Å². The van der Waals surface area contributed by atoms with E-state index in [-0.39, 0.29) is 22.6 Å². The van der Waals surface area contributed by atoms with Crippen molar-refractivity contribution in [2.24, 2.45) is 0 Å². The Morgan fingerprint density at radius 1 is 1.37 bits per heavy atom. The second-order valence-corrected chi connectivity index (χ2v) is 4.78. The highest BCUT2D eigenvalue weighted by Crippen LogP contribution is 2.32. The van der Waals surface area contributed by atoms with Crippen LogP contribution >= 0.6 is 27.5 Å². The summed E-state index contributed by atoms with van der Waals surface area (Å²) in [5.74, 6) is 0.502. The molecule has 98 valence electrons. The Morgan fingerprint density at radius 2 is 2.11 bits per heavy atom. The summed E-state index contributed by atoms with van der Waals surface area (Å²) in [5, 5.41) is 10.8. The number of rotatable bonds is 3. The molecular weight excluding hydrogens is 337 g/mol. The first-order valence-corrected chi connectivity index (χ1v) is 6.26. The standard InChI is InChI=1S/C11H7BrClN3O3/c1-6-4-10(15-11(13)14-6)19-9-5-7(16(17)18)2-3-8(9)12/h2-5H,1H3. The molecule has 1 heterocycles. The highest BCUT2D eigenvalue weighted by molar-refractivity contribution is 9.10. The summed E-state index contributed by atoms with van der Waals surface area (Å²) >= 11 is 8.97. The molecular formula is C11H7BrClN3O3. The summed E-state index contributed by atoms with van der Waals surface area (Å²) < 4.78 is 6.05. The van der Waals surface area contributed by atoms with Crippen LogP contribution in [0.2, 0.25) is 5.28 Å². The Bertz CT molecular complexity index is 631. The molecule has 0 bridgehead atoms. The van der Waals surface area contributed by atoms with Crippen LogP contribution < -0.4 is 4.74 Å². The van der Waals surface area contributed by atoms with Crippen LogP contribution in [0, 0.1) is 17.0 Å². The normalized spacial score (nSPS) is 10.3. The Kier molecular flexibility index (Phi) is 3.96. The average molecular weight is 345 g/mol. The first kappa shape index (κ1) is 13.7. The number of nitro benzene ring substituents is 1. The largest absolute Gasteiger partial charge is 0.437 e. The van der Waals surface area contributed by atoms with Crippen LogP contribution in [0.25, 0.3) is 0 Å². The molecule has 0 saturated heterocycles. The maximum Gasteiger partial charge on any atom is 0.273 e. The lowest BCUT2D eigenvalue weighted by atomic mass is 10.3. The fraction of sp³-hybridized carbons (Fsp3) is 0.0909. The number of aromatic nitrogens is 2. The highest BCUT2D eigenvalue weighted by Gasteiger charge is 2.12. The molecule has 0 amide bonds. The maximum atomic E-state index is 10.7. The predicted molar refractivity (Wildman–Crippen MR) is 72.6 cm³/mol. The maximum absolute atomic E-state index is 10.7. The number of nitro groups is 1. The number of hydrogen-bond donors (Lipinski definition) is 0. The van der Waals surface area contributed by atoms with E-state index in [1.54, 1.807) is 13.0 Å². The van der Waals surface area contributed by atoms with Gasteiger partial charge < -0.3 is 4.74 Å². The number of hydrogen-bond acceptors (Lipinski definition) is 5. The molecule has 0 aliphatic carbocycles. The third-order valence-electron chi connectivity index (χ3n) is 2.14. The van der Waals surface area contributed by atoms with Gasteiger partial charge in [0.25, 0.3) is 5.69 Å². The molecule has 0 radical (unpaired) electrons. The van der Waals surface area contributed by atoms with Crippen LogP contribution in [0.5, 0.6) is 11.6 Å². The van der Waals surface area contributed by atoms with E-state index in [4.69, 9.17) is 16.3 Å². The van der Waals surface area contributed by atoms with Gasteiger partial charge in [-0.25, -0.2) is 4.98 Å². The molecule has 8 heteroatoms. The second-order valence-electron chi connectivity index (χ2n) is 3.59. The summed E-state index contributed by atoms with van der Waals surface area (Å²) in [6.07, 6.45) is 0. The Hall–Kier alpha value is -1.73. The van der Waals surface area contributed by atoms with E-state index in [0.29, 0.717) is 10.2 Å². The molecule has 6 nitrogen and oxygen atoms in total. The van der Waals surface area contributed by atoms with Crippen molar-refractivity contribution in [2.75, 3.05) is 0 Å². The lowest BCUT2D eigenvalue weighted by molar-refractivity contribution is -0.384. The quantitative estimate of drug-likeness (QED) is 0.479. The van der Waals surface area contributed by atoms with Gasteiger partial charge in [-0.1, -0.05) is 0 Å². The van der Waals surface area contributed by atoms with Crippen molar-refractivity contribution >= 4 is 33.2 Å². The average Bonchev–Trinajstić information content (AvgIpc) is 2.30. The molecule has 19 heavy (non-hydrogen) atoms. The van der Waals surface area contributed by atoms with Crippen LogP contribution in [0.4, 0.5) is 5.69 Å². The van der Waals surface area contributed by atoms with Crippen molar-refractivity contribution in [3.63, 3.8) is 0 Å². The van der Waals surface area contributed by atoms with Gasteiger partial charge in [0.2, 0.25) is 11.2 Å². The van der Waals surface area contributed by atoms with Gasteiger partial charge in [-0.2, -0.15) is 4.98 Å². The SMILES string of the molecule is Cc1cc(Oc2cc([N+](=O)[O-])ccc2Br)nc(Cl)n1. The minimum atomic E-state index is -0.502. The molecule has 0 aliphatic heterocycles. The predicted octanol–water partition coefficient (Wildman–Crippen LogP) is 3.90. The van der Waals surface area contributed by atoms with Crippen molar-refractivity contribution in [3.8, 4) is 11.6 Å². The molecule has 0 unspecified atom stereocenters. The molecule has 0 spiro atoms. The van der Waals surface area contributed by atoms with Crippen LogP contribution in [-0.2, 0) is 0 Å². The van der Waals surface area contributed by atoms with E-state index in [1.165, 1.54) is 18.2 Å². The monoisotopic (exact) mass is 343 g/mol. The molecule has 1 aromatic carbocycles. The van der Waals surface area contributed by atoms with Crippen LogP contribution in [0.3, 0.4) is 0 Å². The van der Waals surface area contributed by atoms with Gasteiger partial charge in [0.05, 0.1) is 15.5 Å². The van der Waals surface area contributed by atoms with Crippen LogP contribution in [0.15, 0.2) is 28.7 Å². The van der Waals surface area contributed by atoms with Crippen molar-refractivity contribution in [1.29, 1.82) is 0 Å². The number of ether oxygens (including phenoxy) is 1. The van der Waals surface area contributed by atoms with E-state index in [2.05, 4.69) is 25.9 Å². The number of non-ortho nitro benzene ring substituents is 1. The van der Waals surface area contributed by atoms with Gasteiger partial charge in [-0.15, -0.1) is 0 Å². The van der Waals surface area contributed by atoms with Crippen LogP contribution in [-0.4, -0.2) is 14.9 Å². The first-order chi connectivity index (χ1) is 8.95. The number of nitrogens with zero attached hydrogens (tertiary/aromatic N) is 3. The molecule has 2 aromatic rings. The highest BCUT2D eigenvalue weighted by atomic mass is 79.9. The van der Waals surface area contributed by atoms with Gasteiger partial charge in [0.1, 0.15) is 0 Å². The first-order valence-electron chi connectivity index (χ1n) is 5.08. The van der Waals surface area contributed by atoms with Gasteiger partial charge >= 0.3 is 0 Å². The van der Waals surface area contributed by atoms with Crippen molar-refractivity contribution in [1.82, 2.24) is 9.97 Å². The van der Waals surface area contributed by atoms with E-state index >= 15 is 0 Å². The molecule has 0 fully saturated rings. The smallest absolute Gasteiger partial charge is 0.273 e. The van der Waals surface area contributed by atoms with Crippen LogP contribution in [0.1, 0.15) is 5.69 Å². The zero-order valence-electron chi connectivity index (χ0n) is 9.63. The summed E-state index contributed by atoms with van der Waals surface area (Å²) in [4.78, 5) is 18.0. The Labute approximate surface area is 121 Å². The van der Waals surface area contributed by atoms with E-state index in [9.17, 15) is 10.1 Å². The lowest BCUT2D eigenvalue weighted by Crippen LogP contribution is -1.94. The summed E-state index contributed by atoms with van der Waals surface area (Å²) in [6, 6.07) is 5.78. The molecule has 2 rings (SSSR count). The molecule has 0 N–H and O–H groups in total. The topological polar surface area (TPSA) is 78.2 Å². The Balaban J connectivity index is 2.37. The van der Waals surface area contributed by atoms with E-state index in [0.717, 1.165) is 0 Å². The number of aryl methyl sites for hydroxylation is 1. The summed E-state index contributed by atoms with van der Waals surface area (Å²) in [5.41, 5.74) is 0.562. The number of halogens is 2.